The van der Waals surface area contributed by atoms with Gasteiger partial charge in [0.05, 0.1) is 5.69 Å². The number of nitrogens with zero attached hydrogens (tertiary/aromatic N) is 2. The van der Waals surface area contributed by atoms with Crippen LogP contribution in [0, 0.1) is 6.92 Å². The van der Waals surface area contributed by atoms with Gasteiger partial charge in [0.1, 0.15) is 0 Å². The first-order valence-electron chi connectivity index (χ1n) is 7.29. The lowest BCUT2D eigenvalue weighted by atomic mass is 10.2. The molecule has 0 fully saturated rings. The molecule has 21 heavy (non-hydrogen) atoms. The molecule has 1 N–H and O–H groups in total. The molecular formula is C16H22BrN3O. The Kier molecular flexibility index (Phi) is 6.26. The van der Waals surface area contributed by atoms with Crippen LogP contribution in [0.4, 0.5) is 5.95 Å². The van der Waals surface area contributed by atoms with Crippen LogP contribution in [-0.2, 0) is 17.8 Å². The zero-order valence-electron chi connectivity index (χ0n) is 12.6. The van der Waals surface area contributed by atoms with Gasteiger partial charge >= 0.3 is 0 Å². The second-order valence-electron chi connectivity index (χ2n) is 4.93. The maximum absolute atomic E-state index is 5.38. The molecule has 0 atom stereocenters. The van der Waals surface area contributed by atoms with Gasteiger partial charge < -0.3 is 14.6 Å². The van der Waals surface area contributed by atoms with Crippen LogP contribution in [0.25, 0.3) is 0 Å². The molecule has 0 saturated carbocycles. The molecule has 2 aromatic rings. The molecule has 0 saturated heterocycles. The molecule has 0 aliphatic carbocycles. The number of benzene rings is 1. The highest BCUT2D eigenvalue weighted by atomic mass is 79.9. The van der Waals surface area contributed by atoms with Crippen molar-refractivity contribution in [1.29, 1.82) is 0 Å². The molecule has 114 valence electrons. The fraction of sp³-hybridized carbons (Fsp3) is 0.438. The van der Waals surface area contributed by atoms with Crippen molar-refractivity contribution >= 4 is 21.9 Å². The van der Waals surface area contributed by atoms with Crippen LogP contribution in [0.15, 0.2) is 34.9 Å². The number of rotatable bonds is 8. The highest BCUT2D eigenvalue weighted by Crippen LogP contribution is 2.14. The SMILES string of the molecule is CCOCCCn1cc(C)nc1NCc1ccc(Br)cc1. The van der Waals surface area contributed by atoms with Crippen LogP contribution in [0.3, 0.4) is 0 Å². The summed E-state index contributed by atoms with van der Waals surface area (Å²) in [7, 11) is 0. The fourth-order valence-electron chi connectivity index (χ4n) is 2.12. The molecule has 1 aromatic heterocycles. The summed E-state index contributed by atoms with van der Waals surface area (Å²) in [5.74, 6) is 0.923. The van der Waals surface area contributed by atoms with Crippen molar-refractivity contribution in [3.63, 3.8) is 0 Å². The summed E-state index contributed by atoms with van der Waals surface area (Å²) in [5, 5.41) is 3.41. The van der Waals surface area contributed by atoms with Crippen molar-refractivity contribution in [2.24, 2.45) is 0 Å². The maximum Gasteiger partial charge on any atom is 0.203 e. The first kappa shape index (κ1) is 16.0. The van der Waals surface area contributed by atoms with E-state index in [-0.39, 0.29) is 0 Å². The van der Waals surface area contributed by atoms with E-state index < -0.39 is 0 Å². The third-order valence-corrected chi connectivity index (χ3v) is 3.68. The van der Waals surface area contributed by atoms with Crippen molar-refractivity contribution < 1.29 is 4.74 Å². The van der Waals surface area contributed by atoms with Gasteiger partial charge in [0.15, 0.2) is 0 Å². The largest absolute Gasteiger partial charge is 0.382 e. The van der Waals surface area contributed by atoms with E-state index in [1.54, 1.807) is 0 Å². The minimum atomic E-state index is 0.773. The molecular weight excluding hydrogens is 330 g/mol. The third-order valence-electron chi connectivity index (χ3n) is 3.15. The summed E-state index contributed by atoms with van der Waals surface area (Å²) < 4.78 is 8.64. The number of aryl methyl sites for hydroxylation is 2. The normalized spacial score (nSPS) is 10.8. The van der Waals surface area contributed by atoms with Crippen molar-refractivity contribution in [2.45, 2.75) is 33.4 Å². The molecule has 1 aromatic carbocycles. The van der Waals surface area contributed by atoms with Crippen LogP contribution < -0.4 is 5.32 Å². The number of hydrogen-bond donors (Lipinski definition) is 1. The molecule has 2 rings (SSSR count). The van der Waals surface area contributed by atoms with E-state index in [2.05, 4.69) is 61.3 Å². The minimum Gasteiger partial charge on any atom is -0.382 e. The van der Waals surface area contributed by atoms with E-state index in [1.165, 1.54) is 5.56 Å². The maximum atomic E-state index is 5.38. The number of anilines is 1. The number of aromatic nitrogens is 2. The lowest BCUT2D eigenvalue weighted by Crippen LogP contribution is -2.08. The average Bonchev–Trinajstić information content (AvgIpc) is 2.83. The third kappa shape index (κ3) is 5.17. The topological polar surface area (TPSA) is 39.1 Å². The van der Waals surface area contributed by atoms with Gasteiger partial charge in [-0.1, -0.05) is 28.1 Å². The van der Waals surface area contributed by atoms with Crippen LogP contribution in [0.2, 0.25) is 0 Å². The number of imidazole rings is 1. The van der Waals surface area contributed by atoms with Gasteiger partial charge in [0, 0.05) is 37.0 Å². The molecule has 0 spiro atoms. The molecule has 0 aliphatic rings. The Hall–Kier alpha value is -1.33. The molecule has 0 radical (unpaired) electrons. The molecule has 0 amide bonds. The Morgan fingerprint density at radius 2 is 2.05 bits per heavy atom. The van der Waals surface area contributed by atoms with E-state index in [9.17, 15) is 0 Å². The Morgan fingerprint density at radius 3 is 2.76 bits per heavy atom. The number of nitrogens with one attached hydrogen (secondary N) is 1. The summed E-state index contributed by atoms with van der Waals surface area (Å²) >= 11 is 3.45. The van der Waals surface area contributed by atoms with Gasteiger partial charge in [-0.25, -0.2) is 4.98 Å². The van der Waals surface area contributed by atoms with Gasteiger partial charge in [-0.15, -0.1) is 0 Å². The van der Waals surface area contributed by atoms with Crippen LogP contribution in [0.5, 0.6) is 0 Å². The number of halogens is 1. The van der Waals surface area contributed by atoms with Gasteiger partial charge in [-0.3, -0.25) is 0 Å². The quantitative estimate of drug-likeness (QED) is 0.730. The molecule has 0 aliphatic heterocycles. The van der Waals surface area contributed by atoms with E-state index >= 15 is 0 Å². The molecule has 4 nitrogen and oxygen atoms in total. The number of hydrogen-bond acceptors (Lipinski definition) is 3. The first-order chi connectivity index (χ1) is 10.2. The van der Waals surface area contributed by atoms with Gasteiger partial charge in [0.25, 0.3) is 0 Å². The van der Waals surface area contributed by atoms with E-state index in [0.717, 1.165) is 48.8 Å². The second-order valence-corrected chi connectivity index (χ2v) is 5.85. The average molecular weight is 352 g/mol. The fourth-order valence-corrected chi connectivity index (χ4v) is 2.39. The Balaban J connectivity index is 1.91. The Morgan fingerprint density at radius 1 is 1.29 bits per heavy atom. The van der Waals surface area contributed by atoms with Crippen LogP contribution in [-0.4, -0.2) is 22.8 Å². The highest BCUT2D eigenvalue weighted by molar-refractivity contribution is 9.10. The minimum absolute atomic E-state index is 0.773. The molecule has 1 heterocycles. The van der Waals surface area contributed by atoms with Gasteiger partial charge in [0.2, 0.25) is 5.95 Å². The lowest BCUT2D eigenvalue weighted by Gasteiger charge is -2.10. The van der Waals surface area contributed by atoms with Crippen molar-refractivity contribution in [1.82, 2.24) is 9.55 Å². The summed E-state index contributed by atoms with van der Waals surface area (Å²) in [4.78, 5) is 4.54. The van der Waals surface area contributed by atoms with Gasteiger partial charge in [-0.2, -0.15) is 0 Å². The molecule has 0 bridgehead atoms. The lowest BCUT2D eigenvalue weighted by molar-refractivity contribution is 0.142. The summed E-state index contributed by atoms with van der Waals surface area (Å²) in [6.45, 7) is 7.30. The van der Waals surface area contributed by atoms with Gasteiger partial charge in [-0.05, 0) is 38.0 Å². The Labute approximate surface area is 134 Å². The predicted octanol–water partition coefficient (Wildman–Crippen LogP) is 3.99. The summed E-state index contributed by atoms with van der Waals surface area (Å²) in [5.41, 5.74) is 2.27. The monoisotopic (exact) mass is 351 g/mol. The zero-order valence-corrected chi connectivity index (χ0v) is 14.2. The van der Waals surface area contributed by atoms with Crippen molar-refractivity contribution in [3.8, 4) is 0 Å². The second kappa shape index (κ2) is 8.20. The summed E-state index contributed by atoms with van der Waals surface area (Å²) in [6.07, 6.45) is 3.08. The van der Waals surface area contributed by atoms with Crippen molar-refractivity contribution in [3.05, 3.63) is 46.2 Å². The molecule has 5 heteroatoms. The van der Waals surface area contributed by atoms with E-state index in [4.69, 9.17) is 4.74 Å². The summed E-state index contributed by atoms with van der Waals surface area (Å²) in [6, 6.07) is 8.31. The number of ether oxygens (including phenoxy) is 1. The van der Waals surface area contributed by atoms with Crippen LogP contribution in [0.1, 0.15) is 24.6 Å². The Bertz CT molecular complexity index is 551. The van der Waals surface area contributed by atoms with E-state index in [1.807, 2.05) is 13.8 Å². The smallest absolute Gasteiger partial charge is 0.203 e. The van der Waals surface area contributed by atoms with E-state index in [0.29, 0.717) is 0 Å². The zero-order chi connectivity index (χ0) is 15.1. The molecule has 0 unspecified atom stereocenters. The van der Waals surface area contributed by atoms with Crippen LogP contribution >= 0.6 is 15.9 Å². The first-order valence-corrected chi connectivity index (χ1v) is 8.08. The standard InChI is InChI=1S/C16H22BrN3O/c1-3-21-10-4-9-20-12-13(2)19-16(20)18-11-14-5-7-15(17)8-6-14/h5-8,12H,3-4,9-11H2,1-2H3,(H,18,19). The van der Waals surface area contributed by atoms with Crippen molar-refractivity contribution in [2.75, 3.05) is 18.5 Å². The highest BCUT2D eigenvalue weighted by Gasteiger charge is 2.05. The predicted molar refractivity (Wildman–Crippen MR) is 89.5 cm³/mol.